The van der Waals surface area contributed by atoms with Gasteiger partial charge in [0.2, 0.25) is 0 Å². The van der Waals surface area contributed by atoms with Gasteiger partial charge in [-0.05, 0) is 42.5 Å². The van der Waals surface area contributed by atoms with Gasteiger partial charge in [0.15, 0.2) is 6.73 Å². The molecule has 2 heterocycles. The topological polar surface area (TPSA) is 105 Å². The fraction of sp³-hybridized carbons (Fsp3) is 0.100. The van der Waals surface area contributed by atoms with Crippen molar-refractivity contribution in [1.82, 2.24) is 4.72 Å². The normalized spacial score (nSPS) is 13.3. The maximum Gasteiger partial charge on any atom is 0.273 e. The summed E-state index contributed by atoms with van der Waals surface area (Å²) in [5.74, 6) is -1.64. The number of anilines is 2. The quantitative estimate of drug-likeness (QED) is 0.559. The maximum absolute atomic E-state index is 14.1. The van der Waals surface area contributed by atoms with Gasteiger partial charge in [-0.3, -0.25) is 14.5 Å². The van der Waals surface area contributed by atoms with Crippen molar-refractivity contribution in [2.24, 2.45) is 0 Å². The number of thiophene rings is 1. The zero-order valence-electron chi connectivity index (χ0n) is 16.4. The highest BCUT2D eigenvalue weighted by atomic mass is 35.5. The molecule has 1 aromatic heterocycles. The van der Waals surface area contributed by atoms with E-state index in [1.807, 2.05) is 4.72 Å². The van der Waals surface area contributed by atoms with Gasteiger partial charge in [-0.15, -0.1) is 11.3 Å². The van der Waals surface area contributed by atoms with Gasteiger partial charge in [-0.25, -0.2) is 17.5 Å². The van der Waals surface area contributed by atoms with Crippen LogP contribution in [0, 0.1) is 5.82 Å². The van der Waals surface area contributed by atoms with Crippen LogP contribution in [-0.4, -0.2) is 34.0 Å². The molecule has 0 bridgehead atoms. The van der Waals surface area contributed by atoms with Crippen LogP contribution in [0.2, 0.25) is 4.34 Å². The average molecular weight is 496 g/mol. The Labute approximate surface area is 191 Å². The minimum Gasteiger partial charge on any atom is -0.472 e. The Kier molecular flexibility index (Phi) is 5.80. The highest BCUT2D eigenvalue weighted by molar-refractivity contribution is 7.92. The zero-order chi connectivity index (χ0) is 23.0. The maximum atomic E-state index is 14.1. The van der Waals surface area contributed by atoms with Gasteiger partial charge in [-0.2, -0.15) is 0 Å². The predicted octanol–water partition coefficient (Wildman–Crippen LogP) is 3.70. The van der Waals surface area contributed by atoms with Crippen molar-refractivity contribution < 1.29 is 27.1 Å². The molecule has 0 fully saturated rings. The number of halogens is 2. The molecule has 0 atom stereocenters. The number of rotatable bonds is 5. The SMILES string of the molecule is CNc1cc2c(cc1F)C(=O)N(c1ccc(C(=O)NS(=O)(=O)c3ccc(Cl)s3)cc1)CO2. The highest BCUT2D eigenvalue weighted by Crippen LogP contribution is 2.32. The molecule has 1 aliphatic rings. The summed E-state index contributed by atoms with van der Waals surface area (Å²) >= 11 is 6.58. The van der Waals surface area contributed by atoms with Gasteiger partial charge in [-0.1, -0.05) is 11.6 Å². The summed E-state index contributed by atoms with van der Waals surface area (Å²) in [6.07, 6.45) is 0. The summed E-state index contributed by atoms with van der Waals surface area (Å²) in [5, 5.41) is 2.68. The standard InChI is InChI=1S/C20H15ClFN3O5S2/c1-23-15-9-16-13(8-14(15)22)20(27)25(10-30-16)12-4-2-11(3-5-12)19(26)24-32(28,29)18-7-6-17(21)31-18/h2-9,23H,10H2,1H3,(H,24,26). The van der Waals surface area contributed by atoms with E-state index in [2.05, 4.69) is 5.32 Å². The molecule has 0 radical (unpaired) electrons. The van der Waals surface area contributed by atoms with Crippen LogP contribution in [-0.2, 0) is 10.0 Å². The number of ether oxygens (including phenoxy) is 1. The van der Waals surface area contributed by atoms with E-state index in [1.165, 1.54) is 47.4 Å². The minimum atomic E-state index is -4.06. The Hall–Kier alpha value is -3.15. The van der Waals surface area contributed by atoms with E-state index in [0.29, 0.717) is 5.69 Å². The highest BCUT2D eigenvalue weighted by Gasteiger charge is 2.29. The number of carbonyl (C=O) groups excluding carboxylic acids is 2. The molecule has 0 saturated carbocycles. The summed E-state index contributed by atoms with van der Waals surface area (Å²) in [7, 11) is -2.50. The number of hydrogen-bond donors (Lipinski definition) is 2. The first-order valence-electron chi connectivity index (χ1n) is 9.08. The third kappa shape index (κ3) is 4.14. The first kappa shape index (κ1) is 22.1. The Bertz CT molecular complexity index is 1330. The minimum absolute atomic E-state index is 0.0651. The van der Waals surface area contributed by atoms with Crippen LogP contribution < -0.4 is 19.7 Å². The zero-order valence-corrected chi connectivity index (χ0v) is 18.8. The fourth-order valence-corrected chi connectivity index (χ4v) is 5.48. The molecule has 8 nitrogen and oxygen atoms in total. The van der Waals surface area contributed by atoms with Crippen molar-refractivity contribution in [3.63, 3.8) is 0 Å². The molecule has 2 aromatic carbocycles. The van der Waals surface area contributed by atoms with Crippen molar-refractivity contribution in [3.8, 4) is 5.75 Å². The largest absolute Gasteiger partial charge is 0.472 e. The molecular formula is C20H15ClFN3O5S2. The molecule has 3 aromatic rings. The van der Waals surface area contributed by atoms with Crippen LogP contribution in [0.15, 0.2) is 52.7 Å². The Morgan fingerprint density at radius 1 is 1.19 bits per heavy atom. The number of carbonyl (C=O) groups is 2. The Balaban J connectivity index is 1.52. The molecule has 12 heteroatoms. The number of amides is 2. The van der Waals surface area contributed by atoms with Crippen LogP contribution in [0.5, 0.6) is 5.75 Å². The van der Waals surface area contributed by atoms with Crippen molar-refractivity contribution in [3.05, 3.63) is 69.8 Å². The average Bonchev–Trinajstić information content (AvgIpc) is 3.21. The van der Waals surface area contributed by atoms with Gasteiger partial charge in [0.1, 0.15) is 15.8 Å². The number of nitrogens with zero attached hydrogens (tertiary/aromatic N) is 1. The van der Waals surface area contributed by atoms with E-state index in [-0.39, 0.29) is 37.8 Å². The molecule has 2 N–H and O–H groups in total. The molecule has 32 heavy (non-hydrogen) atoms. The summed E-state index contributed by atoms with van der Waals surface area (Å²) in [4.78, 5) is 26.5. The van der Waals surface area contributed by atoms with E-state index in [1.54, 1.807) is 7.05 Å². The lowest BCUT2D eigenvalue weighted by Crippen LogP contribution is -2.39. The van der Waals surface area contributed by atoms with Crippen molar-refractivity contribution in [2.75, 3.05) is 24.0 Å². The monoisotopic (exact) mass is 495 g/mol. The first-order valence-corrected chi connectivity index (χ1v) is 11.8. The summed E-state index contributed by atoms with van der Waals surface area (Å²) in [6, 6.07) is 10.9. The van der Waals surface area contributed by atoms with Crippen molar-refractivity contribution >= 4 is 56.2 Å². The van der Waals surface area contributed by atoms with E-state index < -0.39 is 27.7 Å². The second-order valence-electron chi connectivity index (χ2n) is 6.62. The van der Waals surface area contributed by atoms with Gasteiger partial charge >= 0.3 is 0 Å². The smallest absolute Gasteiger partial charge is 0.273 e. The van der Waals surface area contributed by atoms with Gasteiger partial charge in [0.05, 0.1) is 15.6 Å². The van der Waals surface area contributed by atoms with Crippen LogP contribution in [0.25, 0.3) is 0 Å². The molecule has 0 saturated heterocycles. The fourth-order valence-electron chi connectivity index (χ4n) is 3.03. The first-order chi connectivity index (χ1) is 15.2. The lowest BCUT2D eigenvalue weighted by atomic mass is 10.1. The Morgan fingerprint density at radius 2 is 1.91 bits per heavy atom. The third-order valence-electron chi connectivity index (χ3n) is 4.64. The molecule has 0 aliphatic carbocycles. The van der Waals surface area contributed by atoms with E-state index in [4.69, 9.17) is 16.3 Å². The van der Waals surface area contributed by atoms with Crippen LogP contribution in [0.3, 0.4) is 0 Å². The van der Waals surface area contributed by atoms with Crippen molar-refractivity contribution in [1.29, 1.82) is 0 Å². The number of hydrogen-bond acceptors (Lipinski definition) is 7. The van der Waals surface area contributed by atoms with E-state index in [0.717, 1.165) is 17.4 Å². The molecule has 1 aliphatic heterocycles. The van der Waals surface area contributed by atoms with Crippen LogP contribution in [0.1, 0.15) is 20.7 Å². The predicted molar refractivity (Wildman–Crippen MR) is 119 cm³/mol. The lowest BCUT2D eigenvalue weighted by Gasteiger charge is -2.29. The molecule has 166 valence electrons. The molecular weight excluding hydrogens is 481 g/mol. The molecule has 0 unspecified atom stereocenters. The number of benzene rings is 2. The van der Waals surface area contributed by atoms with Gasteiger partial charge < -0.3 is 10.1 Å². The number of nitrogens with one attached hydrogen (secondary N) is 2. The third-order valence-corrected chi connectivity index (χ3v) is 7.70. The Morgan fingerprint density at radius 3 is 2.53 bits per heavy atom. The lowest BCUT2D eigenvalue weighted by molar-refractivity contribution is 0.0935. The summed E-state index contributed by atoms with van der Waals surface area (Å²) < 4.78 is 46.4. The molecule has 2 amide bonds. The van der Waals surface area contributed by atoms with Gasteiger partial charge in [0, 0.05) is 24.4 Å². The van der Waals surface area contributed by atoms with Crippen molar-refractivity contribution in [2.45, 2.75) is 4.21 Å². The van der Waals surface area contributed by atoms with Gasteiger partial charge in [0.25, 0.3) is 21.8 Å². The van der Waals surface area contributed by atoms with E-state index >= 15 is 0 Å². The second kappa shape index (κ2) is 8.41. The van der Waals surface area contributed by atoms with Crippen LogP contribution >= 0.6 is 22.9 Å². The number of sulfonamides is 1. The summed E-state index contributed by atoms with van der Waals surface area (Å²) in [5.41, 5.74) is 0.731. The van der Waals surface area contributed by atoms with E-state index in [9.17, 15) is 22.4 Å². The van der Waals surface area contributed by atoms with Crippen LogP contribution in [0.4, 0.5) is 15.8 Å². The molecule has 0 spiro atoms. The second-order valence-corrected chi connectivity index (χ2v) is 10.2. The molecule has 4 rings (SSSR count). The summed E-state index contributed by atoms with van der Waals surface area (Å²) in [6.45, 7) is -0.111. The number of fused-ring (bicyclic) bond motifs is 1.